The van der Waals surface area contributed by atoms with E-state index in [2.05, 4.69) is 73.9 Å². The molecule has 0 saturated heterocycles. The summed E-state index contributed by atoms with van der Waals surface area (Å²) in [5.74, 6) is 1.68. The van der Waals surface area contributed by atoms with Crippen LogP contribution in [0, 0.1) is 11.8 Å². The Morgan fingerprint density at radius 2 is 1.53 bits per heavy atom. The lowest BCUT2D eigenvalue weighted by Crippen LogP contribution is -2.18. The lowest BCUT2D eigenvalue weighted by atomic mass is 9.98. The maximum Gasteiger partial charge on any atom is 0.0348 e. The summed E-state index contributed by atoms with van der Waals surface area (Å²) in [4.78, 5) is 0. The van der Waals surface area contributed by atoms with Crippen molar-refractivity contribution in [3.05, 3.63) is 60.2 Å². The van der Waals surface area contributed by atoms with Gasteiger partial charge in [0.1, 0.15) is 0 Å². The first-order valence-electron chi connectivity index (χ1n) is 7.12. The van der Waals surface area contributed by atoms with Crippen molar-refractivity contribution < 1.29 is 0 Å². The maximum absolute atomic E-state index is 3.47. The molecule has 0 bridgehead atoms. The second-order valence-corrected chi connectivity index (χ2v) is 5.63. The molecule has 1 fully saturated rings. The smallest absolute Gasteiger partial charge is 0.0348 e. The van der Waals surface area contributed by atoms with Gasteiger partial charge in [-0.1, -0.05) is 61.5 Å². The van der Waals surface area contributed by atoms with Crippen molar-refractivity contribution in [3.8, 4) is 11.1 Å². The molecule has 3 unspecified atom stereocenters. The van der Waals surface area contributed by atoms with Crippen molar-refractivity contribution in [1.29, 1.82) is 0 Å². The number of hydrogen-bond donors (Lipinski definition) is 1. The SMILES string of the molecule is CNC(c1ccc(-c2ccccc2)cc1)C1CC1C. The monoisotopic (exact) mass is 251 g/mol. The van der Waals surface area contributed by atoms with E-state index in [1.165, 1.54) is 23.1 Å². The summed E-state index contributed by atoms with van der Waals surface area (Å²) >= 11 is 0. The van der Waals surface area contributed by atoms with Gasteiger partial charge in [-0.2, -0.15) is 0 Å². The van der Waals surface area contributed by atoms with E-state index in [1.54, 1.807) is 0 Å². The first kappa shape index (κ1) is 12.4. The van der Waals surface area contributed by atoms with Gasteiger partial charge >= 0.3 is 0 Å². The molecule has 3 atom stereocenters. The van der Waals surface area contributed by atoms with Gasteiger partial charge in [-0.15, -0.1) is 0 Å². The van der Waals surface area contributed by atoms with Gasteiger partial charge in [0.25, 0.3) is 0 Å². The van der Waals surface area contributed by atoms with Crippen LogP contribution < -0.4 is 5.32 Å². The Morgan fingerprint density at radius 3 is 2.05 bits per heavy atom. The molecular weight excluding hydrogens is 230 g/mol. The fourth-order valence-corrected chi connectivity index (χ4v) is 2.96. The number of hydrogen-bond acceptors (Lipinski definition) is 1. The largest absolute Gasteiger partial charge is 0.313 e. The van der Waals surface area contributed by atoms with Crippen LogP contribution in [0.25, 0.3) is 11.1 Å². The second kappa shape index (κ2) is 5.18. The predicted molar refractivity (Wildman–Crippen MR) is 80.9 cm³/mol. The minimum Gasteiger partial charge on any atom is -0.313 e. The standard InChI is InChI=1S/C18H21N/c1-13-12-17(13)18(19-2)16-10-8-15(9-11-16)14-6-4-3-5-7-14/h3-11,13,17-19H,12H2,1-2H3. The molecule has 0 radical (unpaired) electrons. The van der Waals surface area contributed by atoms with Crippen molar-refractivity contribution >= 4 is 0 Å². The number of rotatable bonds is 4. The number of benzene rings is 2. The normalized spacial score (nSPS) is 23.1. The molecule has 0 aliphatic heterocycles. The summed E-state index contributed by atoms with van der Waals surface area (Å²) in [6.45, 7) is 2.34. The predicted octanol–water partition coefficient (Wildman–Crippen LogP) is 4.27. The zero-order chi connectivity index (χ0) is 13.2. The van der Waals surface area contributed by atoms with Crippen molar-refractivity contribution in [2.45, 2.75) is 19.4 Å². The van der Waals surface area contributed by atoms with Crippen molar-refractivity contribution in [2.24, 2.45) is 11.8 Å². The van der Waals surface area contributed by atoms with Crippen molar-refractivity contribution in [1.82, 2.24) is 5.32 Å². The van der Waals surface area contributed by atoms with Gasteiger partial charge in [0.15, 0.2) is 0 Å². The van der Waals surface area contributed by atoms with E-state index in [1.807, 2.05) is 0 Å². The molecule has 1 nitrogen and oxygen atoms in total. The molecule has 1 heteroatoms. The Kier molecular flexibility index (Phi) is 3.39. The summed E-state index contributed by atoms with van der Waals surface area (Å²) in [7, 11) is 2.07. The first-order valence-corrected chi connectivity index (χ1v) is 7.12. The van der Waals surface area contributed by atoms with Crippen LogP contribution in [-0.2, 0) is 0 Å². The molecule has 98 valence electrons. The Bertz CT molecular complexity index is 529. The van der Waals surface area contributed by atoms with Crippen LogP contribution in [0.3, 0.4) is 0 Å². The van der Waals surface area contributed by atoms with Crippen LogP contribution >= 0.6 is 0 Å². The Morgan fingerprint density at radius 1 is 0.947 bits per heavy atom. The maximum atomic E-state index is 3.47. The Balaban J connectivity index is 1.82. The third-order valence-corrected chi connectivity index (χ3v) is 4.29. The molecule has 1 aliphatic rings. The Hall–Kier alpha value is -1.60. The molecule has 0 aromatic heterocycles. The molecule has 0 spiro atoms. The third-order valence-electron chi connectivity index (χ3n) is 4.29. The van der Waals surface area contributed by atoms with E-state index in [-0.39, 0.29) is 0 Å². The fourth-order valence-electron chi connectivity index (χ4n) is 2.96. The van der Waals surface area contributed by atoms with Crippen LogP contribution in [-0.4, -0.2) is 7.05 Å². The average molecular weight is 251 g/mol. The molecular formula is C18H21N. The van der Waals surface area contributed by atoms with Crippen LogP contribution in [0.15, 0.2) is 54.6 Å². The van der Waals surface area contributed by atoms with Crippen LogP contribution in [0.4, 0.5) is 0 Å². The van der Waals surface area contributed by atoms with Gasteiger partial charge in [0, 0.05) is 6.04 Å². The highest BCUT2D eigenvalue weighted by Gasteiger charge is 2.39. The summed E-state index contributed by atoms with van der Waals surface area (Å²) in [5.41, 5.74) is 3.99. The van der Waals surface area contributed by atoms with Gasteiger partial charge in [-0.25, -0.2) is 0 Å². The van der Waals surface area contributed by atoms with Crippen LogP contribution in [0.2, 0.25) is 0 Å². The van der Waals surface area contributed by atoms with Gasteiger partial charge in [-0.3, -0.25) is 0 Å². The van der Waals surface area contributed by atoms with Crippen molar-refractivity contribution in [3.63, 3.8) is 0 Å². The zero-order valence-corrected chi connectivity index (χ0v) is 11.6. The zero-order valence-electron chi connectivity index (χ0n) is 11.6. The molecule has 1 saturated carbocycles. The minimum absolute atomic E-state index is 0.514. The molecule has 1 aliphatic carbocycles. The highest BCUT2D eigenvalue weighted by molar-refractivity contribution is 5.63. The molecule has 3 rings (SSSR count). The van der Waals surface area contributed by atoms with E-state index >= 15 is 0 Å². The summed E-state index contributed by atoms with van der Waals surface area (Å²) < 4.78 is 0. The Labute approximate surface area is 115 Å². The highest BCUT2D eigenvalue weighted by Crippen LogP contribution is 2.46. The highest BCUT2D eigenvalue weighted by atomic mass is 14.9. The molecule has 0 amide bonds. The van der Waals surface area contributed by atoms with Gasteiger partial charge in [0.2, 0.25) is 0 Å². The summed E-state index contributed by atoms with van der Waals surface area (Å²) in [6, 6.07) is 20.1. The van der Waals surface area contributed by atoms with Gasteiger partial charge < -0.3 is 5.32 Å². The molecule has 2 aromatic rings. The van der Waals surface area contributed by atoms with E-state index in [0.717, 1.165) is 11.8 Å². The lowest BCUT2D eigenvalue weighted by molar-refractivity contribution is 0.504. The van der Waals surface area contributed by atoms with Gasteiger partial charge in [0.05, 0.1) is 0 Å². The molecule has 19 heavy (non-hydrogen) atoms. The van der Waals surface area contributed by atoms with E-state index in [9.17, 15) is 0 Å². The lowest BCUT2D eigenvalue weighted by Gasteiger charge is -2.17. The average Bonchev–Trinajstić information content (AvgIpc) is 3.18. The van der Waals surface area contributed by atoms with Crippen molar-refractivity contribution in [2.75, 3.05) is 7.05 Å². The second-order valence-electron chi connectivity index (χ2n) is 5.63. The van der Waals surface area contributed by atoms with E-state index in [4.69, 9.17) is 0 Å². The van der Waals surface area contributed by atoms with Crippen LogP contribution in [0.5, 0.6) is 0 Å². The molecule has 1 N–H and O–H groups in total. The van der Waals surface area contributed by atoms with Gasteiger partial charge in [-0.05, 0) is 42.0 Å². The summed E-state index contributed by atoms with van der Waals surface area (Å²) in [6.07, 6.45) is 1.35. The third kappa shape index (κ3) is 2.57. The quantitative estimate of drug-likeness (QED) is 0.855. The summed E-state index contributed by atoms with van der Waals surface area (Å²) in [5, 5.41) is 3.47. The van der Waals surface area contributed by atoms with E-state index < -0.39 is 0 Å². The minimum atomic E-state index is 0.514. The molecule has 2 aromatic carbocycles. The van der Waals surface area contributed by atoms with Crippen LogP contribution in [0.1, 0.15) is 24.9 Å². The first-order chi connectivity index (χ1) is 9.29. The topological polar surface area (TPSA) is 12.0 Å². The number of nitrogens with one attached hydrogen (secondary N) is 1. The van der Waals surface area contributed by atoms with E-state index in [0.29, 0.717) is 6.04 Å². The fraction of sp³-hybridized carbons (Fsp3) is 0.333. The molecule has 0 heterocycles.